The molecule has 2 aromatic carbocycles. The van der Waals surface area contributed by atoms with E-state index in [1.807, 2.05) is 24.3 Å². The molecule has 7 nitrogen and oxygen atoms in total. The van der Waals surface area contributed by atoms with Crippen molar-refractivity contribution in [2.45, 2.75) is 32.1 Å². The topological polar surface area (TPSA) is 86.5 Å². The first-order valence-corrected chi connectivity index (χ1v) is 9.70. The van der Waals surface area contributed by atoms with Crippen molar-refractivity contribution in [3.05, 3.63) is 71.6 Å². The predicted molar refractivity (Wildman–Crippen MR) is 106 cm³/mol. The molecule has 0 radical (unpaired) electrons. The van der Waals surface area contributed by atoms with Crippen molar-refractivity contribution < 1.29 is 18.8 Å². The highest BCUT2D eigenvalue weighted by Gasteiger charge is 2.14. The molecule has 1 N–H and O–H groups in total. The lowest BCUT2D eigenvalue weighted by molar-refractivity contribution is -0.0390. The van der Waals surface area contributed by atoms with E-state index in [2.05, 4.69) is 15.5 Å². The fourth-order valence-corrected chi connectivity index (χ4v) is 3.16. The molecular weight excluding hydrogens is 370 g/mol. The number of carbonyl (C=O) groups excluding carboxylic acids is 1. The van der Waals surface area contributed by atoms with Gasteiger partial charge in [0.05, 0.1) is 12.7 Å². The Bertz CT molecular complexity index is 902. The molecule has 0 unspecified atom stereocenters. The number of ether oxygens (including phenoxy) is 2. The molecular formula is C22H23N3O4. The Hall–Kier alpha value is -3.03. The van der Waals surface area contributed by atoms with Gasteiger partial charge < -0.3 is 19.3 Å². The number of amides is 1. The third kappa shape index (κ3) is 5.28. The molecule has 0 spiro atoms. The van der Waals surface area contributed by atoms with Gasteiger partial charge in [0.25, 0.3) is 5.91 Å². The molecule has 0 aliphatic carbocycles. The highest BCUT2D eigenvalue weighted by Crippen LogP contribution is 2.16. The lowest BCUT2D eigenvalue weighted by atomic mass is 10.1. The van der Waals surface area contributed by atoms with E-state index in [0.717, 1.165) is 42.7 Å². The summed E-state index contributed by atoms with van der Waals surface area (Å²) in [6.45, 7) is 2.63. The van der Waals surface area contributed by atoms with Crippen molar-refractivity contribution >= 4 is 5.91 Å². The van der Waals surface area contributed by atoms with Gasteiger partial charge in [-0.1, -0.05) is 41.6 Å². The average molecular weight is 393 g/mol. The fourth-order valence-electron chi connectivity index (χ4n) is 3.16. The van der Waals surface area contributed by atoms with Gasteiger partial charge in [-0.05, 0) is 36.1 Å². The molecule has 0 atom stereocenters. The van der Waals surface area contributed by atoms with Crippen LogP contribution in [0.2, 0.25) is 0 Å². The number of nitrogens with zero attached hydrogens (tertiary/aromatic N) is 2. The zero-order valence-corrected chi connectivity index (χ0v) is 16.0. The Morgan fingerprint density at radius 3 is 2.45 bits per heavy atom. The molecule has 4 rings (SSSR count). The summed E-state index contributed by atoms with van der Waals surface area (Å²) < 4.78 is 16.0. The summed E-state index contributed by atoms with van der Waals surface area (Å²) in [7, 11) is 0. The molecule has 1 saturated heterocycles. The van der Waals surface area contributed by atoms with Crippen molar-refractivity contribution in [1.82, 2.24) is 15.5 Å². The van der Waals surface area contributed by atoms with E-state index < -0.39 is 0 Å². The molecule has 1 aliphatic heterocycles. The number of benzene rings is 2. The molecule has 1 amide bonds. The van der Waals surface area contributed by atoms with E-state index in [9.17, 15) is 4.79 Å². The standard InChI is InChI=1S/C22H23N3O4/c26-22(19-7-5-18(6-8-19)21-24-15-29-25-21)23-13-16-1-3-17(4-2-16)14-28-20-9-11-27-12-10-20/h1-8,15,20H,9-14H2,(H,23,26). The Kier molecular flexibility index (Phi) is 6.29. The zero-order valence-electron chi connectivity index (χ0n) is 16.0. The van der Waals surface area contributed by atoms with Crippen molar-refractivity contribution in [2.75, 3.05) is 13.2 Å². The number of aromatic nitrogens is 2. The van der Waals surface area contributed by atoms with Crippen LogP contribution in [0.4, 0.5) is 0 Å². The van der Waals surface area contributed by atoms with Gasteiger partial charge in [-0.15, -0.1) is 0 Å². The summed E-state index contributed by atoms with van der Waals surface area (Å²) in [6, 6.07) is 15.2. The Balaban J connectivity index is 1.25. The maximum Gasteiger partial charge on any atom is 0.251 e. The van der Waals surface area contributed by atoms with Gasteiger partial charge >= 0.3 is 0 Å². The van der Waals surface area contributed by atoms with Gasteiger partial charge in [-0.3, -0.25) is 4.79 Å². The summed E-state index contributed by atoms with van der Waals surface area (Å²) >= 11 is 0. The summed E-state index contributed by atoms with van der Waals surface area (Å²) in [6.07, 6.45) is 3.48. The summed E-state index contributed by atoms with van der Waals surface area (Å²) in [5.41, 5.74) is 3.55. The van der Waals surface area contributed by atoms with Crippen LogP contribution in [0, 0.1) is 0 Å². The Morgan fingerprint density at radius 2 is 1.76 bits per heavy atom. The van der Waals surface area contributed by atoms with E-state index in [0.29, 0.717) is 24.5 Å². The van der Waals surface area contributed by atoms with E-state index in [4.69, 9.17) is 14.0 Å². The van der Waals surface area contributed by atoms with Gasteiger partial charge in [-0.25, -0.2) is 0 Å². The number of carbonyl (C=O) groups is 1. The van der Waals surface area contributed by atoms with Gasteiger partial charge in [0.2, 0.25) is 12.2 Å². The van der Waals surface area contributed by atoms with Crippen LogP contribution in [-0.2, 0) is 22.6 Å². The third-order valence-corrected chi connectivity index (χ3v) is 4.90. The number of nitrogens with one attached hydrogen (secondary N) is 1. The molecule has 29 heavy (non-hydrogen) atoms. The monoisotopic (exact) mass is 393 g/mol. The molecule has 0 bridgehead atoms. The molecule has 1 fully saturated rings. The van der Waals surface area contributed by atoms with Crippen LogP contribution in [-0.4, -0.2) is 35.4 Å². The fraction of sp³-hybridized carbons (Fsp3) is 0.318. The first-order chi connectivity index (χ1) is 14.3. The normalized spacial score (nSPS) is 14.6. The molecule has 1 aliphatic rings. The van der Waals surface area contributed by atoms with E-state index >= 15 is 0 Å². The minimum absolute atomic E-state index is 0.128. The molecule has 1 aromatic heterocycles. The number of rotatable bonds is 7. The second-order valence-electron chi connectivity index (χ2n) is 6.95. The number of hydrogen-bond donors (Lipinski definition) is 1. The van der Waals surface area contributed by atoms with E-state index in [1.54, 1.807) is 24.3 Å². The van der Waals surface area contributed by atoms with Crippen LogP contribution in [0.3, 0.4) is 0 Å². The smallest absolute Gasteiger partial charge is 0.251 e. The predicted octanol–water partition coefficient (Wildman–Crippen LogP) is 3.36. The number of hydrogen-bond acceptors (Lipinski definition) is 6. The van der Waals surface area contributed by atoms with Gasteiger partial charge in [0.15, 0.2) is 0 Å². The SMILES string of the molecule is O=C(NCc1ccc(COC2CCOCC2)cc1)c1ccc(-c2ncon2)cc1. The van der Waals surface area contributed by atoms with Gasteiger partial charge in [0, 0.05) is 30.9 Å². The van der Waals surface area contributed by atoms with Crippen LogP contribution in [0.25, 0.3) is 11.4 Å². The summed E-state index contributed by atoms with van der Waals surface area (Å²) in [5.74, 6) is 0.370. The molecule has 7 heteroatoms. The molecule has 0 saturated carbocycles. The van der Waals surface area contributed by atoms with Crippen molar-refractivity contribution in [3.8, 4) is 11.4 Å². The maximum atomic E-state index is 12.4. The van der Waals surface area contributed by atoms with Crippen molar-refractivity contribution in [2.24, 2.45) is 0 Å². The Labute approximate surface area is 169 Å². The van der Waals surface area contributed by atoms with Crippen molar-refractivity contribution in [1.29, 1.82) is 0 Å². The van der Waals surface area contributed by atoms with Crippen LogP contribution < -0.4 is 5.32 Å². The first-order valence-electron chi connectivity index (χ1n) is 9.70. The maximum absolute atomic E-state index is 12.4. The van der Waals surface area contributed by atoms with E-state index in [1.165, 1.54) is 6.39 Å². The van der Waals surface area contributed by atoms with Crippen LogP contribution in [0.15, 0.2) is 59.4 Å². The average Bonchev–Trinajstić information content (AvgIpc) is 3.33. The van der Waals surface area contributed by atoms with Crippen LogP contribution in [0.5, 0.6) is 0 Å². The first kappa shape index (κ1) is 19.3. The van der Waals surface area contributed by atoms with Gasteiger partial charge in [0.1, 0.15) is 0 Å². The summed E-state index contributed by atoms with van der Waals surface area (Å²) in [5, 5.41) is 6.72. The van der Waals surface area contributed by atoms with Gasteiger partial charge in [-0.2, -0.15) is 4.98 Å². The largest absolute Gasteiger partial charge is 0.381 e. The lowest BCUT2D eigenvalue weighted by Gasteiger charge is -2.22. The second-order valence-corrected chi connectivity index (χ2v) is 6.95. The molecule has 2 heterocycles. The van der Waals surface area contributed by atoms with Crippen molar-refractivity contribution in [3.63, 3.8) is 0 Å². The lowest BCUT2D eigenvalue weighted by Crippen LogP contribution is -2.23. The highest BCUT2D eigenvalue weighted by atomic mass is 16.5. The molecule has 3 aromatic rings. The summed E-state index contributed by atoms with van der Waals surface area (Å²) in [4.78, 5) is 16.4. The second kappa shape index (κ2) is 9.45. The molecule has 150 valence electrons. The third-order valence-electron chi connectivity index (χ3n) is 4.90. The van der Waals surface area contributed by atoms with E-state index in [-0.39, 0.29) is 12.0 Å². The van der Waals surface area contributed by atoms with Crippen LogP contribution in [0.1, 0.15) is 34.3 Å². The van der Waals surface area contributed by atoms with Crippen LogP contribution >= 0.6 is 0 Å². The minimum atomic E-state index is -0.128. The minimum Gasteiger partial charge on any atom is -0.381 e. The quantitative estimate of drug-likeness (QED) is 0.662. The Morgan fingerprint density at radius 1 is 1.03 bits per heavy atom. The highest BCUT2D eigenvalue weighted by molar-refractivity contribution is 5.94. The zero-order chi connectivity index (χ0) is 19.9.